The van der Waals surface area contributed by atoms with Crippen LogP contribution in [0.1, 0.15) is 26.3 Å². The van der Waals surface area contributed by atoms with Crippen LogP contribution in [0.4, 0.5) is 9.18 Å². The molecule has 0 unspecified atom stereocenters. The lowest BCUT2D eigenvalue weighted by Crippen LogP contribution is -2.34. The van der Waals surface area contributed by atoms with Crippen LogP contribution in [0.5, 0.6) is 5.75 Å². The Hall–Kier alpha value is -2.70. The summed E-state index contributed by atoms with van der Waals surface area (Å²) < 4.78 is 25.2. The van der Waals surface area contributed by atoms with E-state index in [1.165, 1.54) is 24.4 Å². The molecule has 6 nitrogen and oxygen atoms in total. The van der Waals surface area contributed by atoms with Crippen molar-refractivity contribution in [2.24, 2.45) is 0 Å². The Morgan fingerprint density at radius 2 is 1.96 bits per heavy atom. The Morgan fingerprint density at radius 3 is 2.52 bits per heavy atom. The molecule has 0 bridgehead atoms. The highest BCUT2D eigenvalue weighted by Gasteiger charge is 2.23. The predicted octanol–water partition coefficient (Wildman–Crippen LogP) is 3.66. The Balaban J connectivity index is 2.39. The number of nitrogens with zero attached hydrogens (tertiary/aromatic N) is 3. The molecule has 0 aliphatic rings. The van der Waals surface area contributed by atoms with Crippen LogP contribution in [0.3, 0.4) is 0 Å². The van der Waals surface area contributed by atoms with E-state index in [1.54, 1.807) is 46.0 Å². The van der Waals surface area contributed by atoms with Gasteiger partial charge in [-0.1, -0.05) is 6.07 Å². The maximum absolute atomic E-state index is 14.8. The fourth-order valence-electron chi connectivity index (χ4n) is 2.27. The van der Waals surface area contributed by atoms with Crippen LogP contribution in [0.15, 0.2) is 30.6 Å². The predicted molar refractivity (Wildman–Crippen MR) is 91.7 cm³/mol. The van der Waals surface area contributed by atoms with Crippen LogP contribution in [-0.4, -0.2) is 40.9 Å². The quantitative estimate of drug-likeness (QED) is 0.844. The first-order valence-corrected chi connectivity index (χ1v) is 7.79. The van der Waals surface area contributed by atoms with E-state index in [4.69, 9.17) is 9.47 Å². The van der Waals surface area contributed by atoms with E-state index >= 15 is 0 Å². The minimum atomic E-state index is -0.629. The molecule has 134 valence electrons. The molecular formula is C18H22FN3O3. The van der Waals surface area contributed by atoms with Gasteiger partial charge in [0.05, 0.1) is 26.0 Å². The van der Waals surface area contributed by atoms with Gasteiger partial charge in [-0.3, -0.25) is 0 Å². The number of aromatic nitrogens is 2. The van der Waals surface area contributed by atoms with Crippen molar-refractivity contribution in [3.05, 3.63) is 42.0 Å². The molecule has 0 atom stereocenters. The normalized spacial score (nSPS) is 11.1. The fourth-order valence-corrected chi connectivity index (χ4v) is 2.27. The number of rotatable bonds is 4. The van der Waals surface area contributed by atoms with Crippen LogP contribution in [-0.2, 0) is 11.3 Å². The topological polar surface area (TPSA) is 64.6 Å². The largest absolute Gasteiger partial charge is 0.494 e. The van der Waals surface area contributed by atoms with Crippen LogP contribution in [0.25, 0.3) is 11.1 Å². The summed E-state index contributed by atoms with van der Waals surface area (Å²) in [5.41, 5.74) is 1.00. The molecule has 0 saturated heterocycles. The Labute approximate surface area is 146 Å². The van der Waals surface area contributed by atoms with E-state index in [0.717, 1.165) is 0 Å². The van der Waals surface area contributed by atoms with Crippen molar-refractivity contribution in [1.29, 1.82) is 0 Å². The van der Waals surface area contributed by atoms with Crippen LogP contribution in [0, 0.1) is 5.82 Å². The van der Waals surface area contributed by atoms with Crippen LogP contribution in [0.2, 0.25) is 0 Å². The zero-order valence-electron chi connectivity index (χ0n) is 15.0. The second-order valence-electron chi connectivity index (χ2n) is 6.58. The number of amides is 1. The first kappa shape index (κ1) is 18.6. The molecule has 2 rings (SSSR count). The lowest BCUT2D eigenvalue weighted by Gasteiger charge is -2.25. The molecule has 0 saturated carbocycles. The third-order valence-corrected chi connectivity index (χ3v) is 3.42. The summed E-state index contributed by atoms with van der Waals surface area (Å²) >= 11 is 0. The van der Waals surface area contributed by atoms with E-state index in [2.05, 4.69) is 10.2 Å². The van der Waals surface area contributed by atoms with Gasteiger partial charge in [-0.25, -0.2) is 9.18 Å². The van der Waals surface area contributed by atoms with E-state index in [1.807, 2.05) is 0 Å². The van der Waals surface area contributed by atoms with Crippen molar-refractivity contribution in [1.82, 2.24) is 15.1 Å². The van der Waals surface area contributed by atoms with Gasteiger partial charge in [-0.15, -0.1) is 0 Å². The van der Waals surface area contributed by atoms with Gasteiger partial charge in [-0.2, -0.15) is 10.2 Å². The second-order valence-corrected chi connectivity index (χ2v) is 6.58. The molecule has 0 N–H and O–H groups in total. The first-order chi connectivity index (χ1) is 11.7. The van der Waals surface area contributed by atoms with Crippen molar-refractivity contribution in [3.63, 3.8) is 0 Å². The highest BCUT2D eigenvalue weighted by atomic mass is 19.1. The number of benzene rings is 1. The molecule has 25 heavy (non-hydrogen) atoms. The Morgan fingerprint density at radius 1 is 1.24 bits per heavy atom. The van der Waals surface area contributed by atoms with E-state index in [0.29, 0.717) is 16.7 Å². The third-order valence-electron chi connectivity index (χ3n) is 3.42. The van der Waals surface area contributed by atoms with Gasteiger partial charge >= 0.3 is 6.09 Å². The Kier molecular flexibility index (Phi) is 5.56. The lowest BCUT2D eigenvalue weighted by molar-refractivity contribution is 0.0284. The van der Waals surface area contributed by atoms with Crippen molar-refractivity contribution >= 4 is 6.09 Å². The molecule has 0 radical (unpaired) electrons. The van der Waals surface area contributed by atoms with Gasteiger partial charge in [0.15, 0.2) is 11.6 Å². The van der Waals surface area contributed by atoms with Gasteiger partial charge < -0.3 is 14.4 Å². The van der Waals surface area contributed by atoms with Gasteiger partial charge in [0.2, 0.25) is 0 Å². The number of carbonyl (C=O) groups is 1. The summed E-state index contributed by atoms with van der Waals surface area (Å²) in [5.74, 6) is -0.412. The minimum Gasteiger partial charge on any atom is -0.494 e. The highest BCUT2D eigenvalue weighted by molar-refractivity contribution is 5.71. The standard InChI is InChI=1S/C18H22FN3O3/c1-18(2,3)25-17(23)22(4)11-14-13(12-8-9-20-21-10-12)6-7-15(24-5)16(14)19/h6-10H,11H2,1-5H3. The van der Waals surface area contributed by atoms with Crippen molar-refractivity contribution in [2.75, 3.05) is 14.2 Å². The molecule has 2 aromatic rings. The smallest absolute Gasteiger partial charge is 0.410 e. The maximum atomic E-state index is 14.8. The third kappa shape index (κ3) is 4.65. The fraction of sp³-hybridized carbons (Fsp3) is 0.389. The minimum absolute atomic E-state index is 0.0234. The van der Waals surface area contributed by atoms with Crippen LogP contribution >= 0.6 is 0 Å². The molecule has 7 heteroatoms. The molecule has 0 spiro atoms. The molecule has 1 aromatic heterocycles. The van der Waals surface area contributed by atoms with E-state index in [9.17, 15) is 9.18 Å². The molecule has 0 aliphatic carbocycles. The molecule has 0 fully saturated rings. The highest BCUT2D eigenvalue weighted by Crippen LogP contribution is 2.31. The number of hydrogen-bond donors (Lipinski definition) is 0. The zero-order chi connectivity index (χ0) is 18.6. The first-order valence-electron chi connectivity index (χ1n) is 7.79. The maximum Gasteiger partial charge on any atom is 0.410 e. The summed E-state index contributed by atoms with van der Waals surface area (Å²) in [6, 6.07) is 5.00. The SMILES string of the molecule is COc1ccc(-c2ccnnc2)c(CN(C)C(=O)OC(C)(C)C)c1F. The zero-order valence-corrected chi connectivity index (χ0v) is 15.0. The average molecular weight is 347 g/mol. The molecular weight excluding hydrogens is 325 g/mol. The van der Waals surface area contributed by atoms with E-state index in [-0.39, 0.29) is 12.3 Å². The van der Waals surface area contributed by atoms with Gasteiger partial charge in [0.1, 0.15) is 5.60 Å². The van der Waals surface area contributed by atoms with Gasteiger partial charge in [0.25, 0.3) is 0 Å². The number of halogens is 1. The summed E-state index contributed by atoms with van der Waals surface area (Å²) in [6.07, 6.45) is 2.53. The molecule has 0 aliphatic heterocycles. The van der Waals surface area contributed by atoms with Crippen molar-refractivity contribution < 1.29 is 18.7 Å². The van der Waals surface area contributed by atoms with Crippen LogP contribution < -0.4 is 4.74 Å². The number of hydrogen-bond acceptors (Lipinski definition) is 5. The number of methoxy groups -OCH3 is 1. The Bertz CT molecular complexity index is 745. The van der Waals surface area contributed by atoms with Crippen molar-refractivity contribution in [3.8, 4) is 16.9 Å². The lowest BCUT2D eigenvalue weighted by atomic mass is 10.00. The summed E-state index contributed by atoms with van der Waals surface area (Å²) in [7, 11) is 2.95. The number of carbonyl (C=O) groups excluding carboxylic acids is 1. The number of ether oxygens (including phenoxy) is 2. The molecule has 1 amide bonds. The summed E-state index contributed by atoms with van der Waals surface area (Å²) in [4.78, 5) is 13.5. The van der Waals surface area contributed by atoms with Crippen molar-refractivity contribution in [2.45, 2.75) is 32.9 Å². The summed E-state index contributed by atoms with van der Waals surface area (Å²) in [6.45, 7) is 5.35. The monoisotopic (exact) mass is 347 g/mol. The average Bonchev–Trinajstić information content (AvgIpc) is 2.55. The van der Waals surface area contributed by atoms with Gasteiger partial charge in [0, 0.05) is 18.2 Å². The molecule has 1 heterocycles. The van der Waals surface area contributed by atoms with Gasteiger partial charge in [-0.05, 0) is 38.5 Å². The van der Waals surface area contributed by atoms with E-state index < -0.39 is 17.5 Å². The second kappa shape index (κ2) is 7.46. The summed E-state index contributed by atoms with van der Waals surface area (Å²) in [5, 5.41) is 7.56. The molecule has 1 aromatic carbocycles.